The Labute approximate surface area is 166 Å². The third-order valence-corrected chi connectivity index (χ3v) is 5.72. The van der Waals surface area contributed by atoms with E-state index in [1.165, 1.54) is 24.3 Å². The molecule has 0 fully saturated rings. The minimum Gasteiger partial charge on any atom is -0.490 e. The summed E-state index contributed by atoms with van der Waals surface area (Å²) in [6, 6.07) is 8.98. The Hall–Kier alpha value is -2.22. The average molecular weight is 428 g/mol. The summed E-state index contributed by atoms with van der Waals surface area (Å²) in [6.07, 6.45) is 3.23. The van der Waals surface area contributed by atoms with Crippen molar-refractivity contribution in [2.24, 2.45) is 0 Å². The maximum absolute atomic E-state index is 12.4. The van der Waals surface area contributed by atoms with Crippen molar-refractivity contribution in [2.75, 3.05) is 13.2 Å². The normalized spacial score (nSPS) is 14.0. The van der Waals surface area contributed by atoms with Gasteiger partial charge in [0.1, 0.15) is 0 Å². The van der Waals surface area contributed by atoms with Gasteiger partial charge in [0.25, 0.3) is 15.9 Å². The fourth-order valence-corrected chi connectivity index (χ4v) is 3.59. The average Bonchev–Trinajstić information content (AvgIpc) is 2.87. The monoisotopic (exact) mass is 427 g/mol. The van der Waals surface area contributed by atoms with Gasteiger partial charge in [0.05, 0.1) is 28.2 Å². The van der Waals surface area contributed by atoms with E-state index in [-0.39, 0.29) is 4.90 Å². The molecule has 0 spiro atoms. The molecule has 1 aliphatic rings. The topological polar surface area (TPSA) is 81.7 Å². The van der Waals surface area contributed by atoms with Crippen LogP contribution in [0.4, 0.5) is 0 Å². The number of carbonyl (C=O) groups excluding carboxylic acids is 1. The van der Waals surface area contributed by atoms with Gasteiger partial charge in [0, 0.05) is 18.6 Å². The first-order chi connectivity index (χ1) is 12.8. The van der Waals surface area contributed by atoms with Crippen LogP contribution >= 0.6 is 23.2 Å². The predicted octanol–water partition coefficient (Wildman–Crippen LogP) is 3.67. The first-order valence-corrected chi connectivity index (χ1v) is 10.2. The summed E-state index contributed by atoms with van der Waals surface area (Å²) in [5.41, 5.74) is 0.604. The smallest absolute Gasteiger partial charge is 0.264 e. The van der Waals surface area contributed by atoms with Gasteiger partial charge >= 0.3 is 0 Å². The molecule has 1 aliphatic heterocycles. The summed E-state index contributed by atoms with van der Waals surface area (Å²) in [7, 11) is -4.06. The zero-order chi connectivity index (χ0) is 19.4. The molecule has 3 rings (SSSR count). The van der Waals surface area contributed by atoms with Crippen LogP contribution in [0.1, 0.15) is 12.0 Å². The van der Waals surface area contributed by atoms with Crippen LogP contribution in [0.3, 0.4) is 0 Å². The minimum absolute atomic E-state index is 0.0944. The molecule has 0 saturated heterocycles. The largest absolute Gasteiger partial charge is 0.490 e. The number of fused-ring (bicyclic) bond motifs is 1. The summed E-state index contributed by atoms with van der Waals surface area (Å²) in [5, 5.41) is 0.717. The van der Waals surface area contributed by atoms with Gasteiger partial charge in [-0.25, -0.2) is 13.1 Å². The Morgan fingerprint density at radius 3 is 2.48 bits per heavy atom. The molecule has 1 amide bonds. The van der Waals surface area contributed by atoms with Crippen LogP contribution in [-0.4, -0.2) is 27.5 Å². The zero-order valence-electron chi connectivity index (χ0n) is 13.9. The molecule has 6 nitrogen and oxygen atoms in total. The van der Waals surface area contributed by atoms with Gasteiger partial charge in [0.15, 0.2) is 11.5 Å². The van der Waals surface area contributed by atoms with E-state index in [0.717, 1.165) is 6.08 Å². The molecule has 27 heavy (non-hydrogen) atoms. The first-order valence-electron chi connectivity index (χ1n) is 7.95. The minimum atomic E-state index is -4.06. The zero-order valence-corrected chi connectivity index (χ0v) is 16.3. The molecule has 2 aromatic carbocycles. The van der Waals surface area contributed by atoms with Crippen LogP contribution < -0.4 is 14.2 Å². The number of hydrogen-bond donors (Lipinski definition) is 1. The lowest BCUT2D eigenvalue weighted by atomic mass is 10.2. The molecule has 1 N–H and O–H groups in total. The molecule has 0 radical (unpaired) electrons. The molecule has 1 heterocycles. The van der Waals surface area contributed by atoms with Crippen molar-refractivity contribution in [2.45, 2.75) is 11.3 Å². The van der Waals surface area contributed by atoms with E-state index in [1.807, 2.05) is 4.72 Å². The molecule has 142 valence electrons. The summed E-state index contributed by atoms with van der Waals surface area (Å²) in [4.78, 5) is 11.9. The van der Waals surface area contributed by atoms with Crippen LogP contribution in [0.15, 0.2) is 47.4 Å². The highest BCUT2D eigenvalue weighted by molar-refractivity contribution is 7.90. The van der Waals surface area contributed by atoms with E-state index < -0.39 is 15.9 Å². The van der Waals surface area contributed by atoms with Crippen LogP contribution in [0.2, 0.25) is 10.0 Å². The third-order valence-electron chi connectivity index (χ3n) is 3.64. The van der Waals surface area contributed by atoms with Crippen molar-refractivity contribution in [3.05, 3.63) is 58.1 Å². The number of halogens is 2. The fourth-order valence-electron chi connectivity index (χ4n) is 2.32. The number of amides is 1. The molecule has 0 atom stereocenters. The Balaban J connectivity index is 1.73. The van der Waals surface area contributed by atoms with E-state index >= 15 is 0 Å². The van der Waals surface area contributed by atoms with Crippen LogP contribution in [-0.2, 0) is 14.8 Å². The molecule has 0 bridgehead atoms. The van der Waals surface area contributed by atoms with Gasteiger partial charge in [-0.3, -0.25) is 4.79 Å². The van der Waals surface area contributed by atoms with Crippen molar-refractivity contribution in [1.29, 1.82) is 0 Å². The lowest BCUT2D eigenvalue weighted by Crippen LogP contribution is -2.29. The van der Waals surface area contributed by atoms with Gasteiger partial charge in [-0.15, -0.1) is 0 Å². The van der Waals surface area contributed by atoms with Crippen LogP contribution in [0, 0.1) is 0 Å². The molecule has 9 heteroatoms. The number of carbonyl (C=O) groups is 1. The van der Waals surface area contributed by atoms with Gasteiger partial charge in [-0.2, -0.15) is 0 Å². The second kappa shape index (κ2) is 8.21. The fraction of sp³-hybridized carbons (Fsp3) is 0.167. The van der Waals surface area contributed by atoms with Crippen LogP contribution in [0.25, 0.3) is 6.08 Å². The molecular formula is C18H15Cl2NO5S. The van der Waals surface area contributed by atoms with Gasteiger partial charge in [-0.05, 0) is 35.9 Å². The number of ether oxygens (including phenoxy) is 2. The predicted molar refractivity (Wildman–Crippen MR) is 103 cm³/mol. The van der Waals surface area contributed by atoms with E-state index in [0.29, 0.717) is 46.7 Å². The Kier molecular flexibility index (Phi) is 5.94. The highest BCUT2D eigenvalue weighted by Gasteiger charge is 2.20. The summed E-state index contributed by atoms with van der Waals surface area (Å²) < 4.78 is 37.8. The molecule has 2 aromatic rings. The maximum atomic E-state index is 12.4. The van der Waals surface area contributed by atoms with E-state index in [2.05, 4.69) is 0 Å². The van der Waals surface area contributed by atoms with Gasteiger partial charge in [0.2, 0.25) is 0 Å². The quantitative estimate of drug-likeness (QED) is 0.752. The molecule has 0 saturated carbocycles. The Morgan fingerprint density at radius 1 is 1.00 bits per heavy atom. The van der Waals surface area contributed by atoms with Crippen molar-refractivity contribution in [1.82, 2.24) is 4.72 Å². The lowest BCUT2D eigenvalue weighted by Gasteiger charge is -2.10. The van der Waals surface area contributed by atoms with Crippen molar-refractivity contribution >= 4 is 45.2 Å². The highest BCUT2D eigenvalue weighted by Crippen LogP contribution is 2.31. The SMILES string of the molecule is O=C(/C=C/c1ccc(Cl)c(Cl)c1)NS(=O)(=O)c1ccc2c(c1)OCCCO2. The van der Waals surface area contributed by atoms with E-state index in [9.17, 15) is 13.2 Å². The van der Waals surface area contributed by atoms with Crippen molar-refractivity contribution in [3.63, 3.8) is 0 Å². The lowest BCUT2D eigenvalue weighted by molar-refractivity contribution is -0.114. The maximum Gasteiger partial charge on any atom is 0.264 e. The molecular weight excluding hydrogens is 413 g/mol. The molecule has 0 aromatic heterocycles. The summed E-state index contributed by atoms with van der Waals surface area (Å²) in [5.74, 6) is -0.000328. The number of nitrogens with one attached hydrogen (secondary N) is 1. The second-order valence-electron chi connectivity index (χ2n) is 5.64. The number of sulfonamides is 1. The van der Waals surface area contributed by atoms with Gasteiger partial charge in [-0.1, -0.05) is 29.3 Å². The standard InChI is InChI=1S/C18H15Cl2NO5S/c19-14-5-2-12(10-15(14)20)3-7-18(22)21-27(23,24)13-4-6-16-17(11-13)26-9-1-8-25-16/h2-7,10-11H,1,8-9H2,(H,21,22)/b7-3+. The highest BCUT2D eigenvalue weighted by atomic mass is 35.5. The van der Waals surface area contributed by atoms with Crippen LogP contribution in [0.5, 0.6) is 11.5 Å². The third kappa shape index (κ3) is 4.94. The van der Waals surface area contributed by atoms with E-state index in [1.54, 1.807) is 18.2 Å². The first kappa shape index (κ1) is 19.5. The Bertz CT molecular complexity index is 1000. The second-order valence-corrected chi connectivity index (χ2v) is 8.13. The van der Waals surface area contributed by atoms with Gasteiger partial charge < -0.3 is 9.47 Å². The molecule has 0 aliphatic carbocycles. The summed E-state index contributed by atoms with van der Waals surface area (Å²) >= 11 is 11.7. The van der Waals surface area contributed by atoms with Crippen molar-refractivity contribution in [3.8, 4) is 11.5 Å². The van der Waals surface area contributed by atoms with E-state index in [4.69, 9.17) is 32.7 Å². The number of benzene rings is 2. The number of rotatable bonds is 4. The number of hydrogen-bond acceptors (Lipinski definition) is 5. The Morgan fingerprint density at radius 2 is 1.74 bits per heavy atom. The molecule has 0 unspecified atom stereocenters. The van der Waals surface area contributed by atoms with Crippen molar-refractivity contribution < 1.29 is 22.7 Å². The summed E-state index contributed by atoms with van der Waals surface area (Å²) in [6.45, 7) is 0.921.